The third-order valence-electron chi connectivity index (χ3n) is 3.26. The summed E-state index contributed by atoms with van der Waals surface area (Å²) < 4.78 is 0. The Morgan fingerprint density at radius 3 is 2.47 bits per heavy atom. The topological polar surface area (TPSA) is 75.1 Å². The first-order valence-electron chi connectivity index (χ1n) is 6.83. The molecule has 2 N–H and O–H groups in total. The highest BCUT2D eigenvalue weighted by Crippen LogP contribution is 2.17. The Morgan fingerprint density at radius 2 is 2.00 bits per heavy atom. The fraction of sp³-hybridized carbons (Fsp3) is 0.643. The van der Waals surface area contributed by atoms with E-state index in [1.165, 1.54) is 0 Å². The van der Waals surface area contributed by atoms with Gasteiger partial charge in [-0.2, -0.15) is 0 Å². The SMILES string of the molecule is CCC(CC)CNc1cnc(C(C)C)nc1C(=O)O. The lowest BCUT2D eigenvalue weighted by atomic mass is 10.0. The van der Waals surface area contributed by atoms with Gasteiger partial charge >= 0.3 is 5.97 Å². The molecule has 1 aromatic rings. The number of carboxylic acid groups (broad SMARTS) is 1. The van der Waals surface area contributed by atoms with Gasteiger partial charge in [0.1, 0.15) is 5.82 Å². The van der Waals surface area contributed by atoms with Gasteiger partial charge in [0.05, 0.1) is 11.9 Å². The number of aromatic carboxylic acids is 1. The minimum atomic E-state index is -1.02. The molecule has 5 heteroatoms. The number of carbonyl (C=O) groups is 1. The largest absolute Gasteiger partial charge is 0.476 e. The van der Waals surface area contributed by atoms with Gasteiger partial charge in [-0.05, 0) is 5.92 Å². The molecule has 0 aliphatic heterocycles. The molecule has 0 aliphatic rings. The van der Waals surface area contributed by atoms with Crippen molar-refractivity contribution in [2.75, 3.05) is 11.9 Å². The van der Waals surface area contributed by atoms with Crippen molar-refractivity contribution >= 4 is 11.7 Å². The Kier molecular flexibility index (Phi) is 5.73. The summed E-state index contributed by atoms with van der Waals surface area (Å²) in [5, 5.41) is 12.4. The second kappa shape index (κ2) is 7.07. The summed E-state index contributed by atoms with van der Waals surface area (Å²) in [6.07, 6.45) is 3.71. The fourth-order valence-corrected chi connectivity index (χ4v) is 1.80. The highest BCUT2D eigenvalue weighted by Gasteiger charge is 2.16. The molecule has 1 rings (SSSR count). The van der Waals surface area contributed by atoms with Gasteiger partial charge in [0, 0.05) is 12.5 Å². The second-order valence-corrected chi connectivity index (χ2v) is 5.01. The maximum Gasteiger partial charge on any atom is 0.356 e. The first-order valence-corrected chi connectivity index (χ1v) is 6.83. The van der Waals surface area contributed by atoms with Crippen molar-refractivity contribution in [3.63, 3.8) is 0 Å². The summed E-state index contributed by atoms with van der Waals surface area (Å²) in [7, 11) is 0. The number of carboxylic acids is 1. The van der Waals surface area contributed by atoms with Crippen molar-refractivity contribution in [3.05, 3.63) is 17.7 Å². The van der Waals surface area contributed by atoms with Crippen LogP contribution in [-0.4, -0.2) is 27.6 Å². The standard InChI is InChI=1S/C14H23N3O2/c1-5-10(6-2)7-15-11-8-16-13(9(3)4)17-12(11)14(18)19/h8-10,15H,5-7H2,1-4H3,(H,18,19). The zero-order valence-corrected chi connectivity index (χ0v) is 12.1. The van der Waals surface area contributed by atoms with E-state index >= 15 is 0 Å². The van der Waals surface area contributed by atoms with Gasteiger partial charge in [-0.1, -0.05) is 40.5 Å². The monoisotopic (exact) mass is 265 g/mol. The van der Waals surface area contributed by atoms with Gasteiger partial charge in [0.25, 0.3) is 0 Å². The van der Waals surface area contributed by atoms with E-state index in [1.54, 1.807) is 6.20 Å². The maximum absolute atomic E-state index is 11.3. The molecule has 1 aromatic heterocycles. The summed E-state index contributed by atoms with van der Waals surface area (Å²) in [4.78, 5) is 19.6. The predicted octanol–water partition coefficient (Wildman–Crippen LogP) is 3.15. The number of hydrogen-bond donors (Lipinski definition) is 2. The molecule has 0 saturated carbocycles. The van der Waals surface area contributed by atoms with E-state index in [4.69, 9.17) is 0 Å². The number of aromatic nitrogens is 2. The second-order valence-electron chi connectivity index (χ2n) is 5.01. The van der Waals surface area contributed by atoms with Crippen LogP contribution in [0.1, 0.15) is 62.8 Å². The molecular formula is C14H23N3O2. The van der Waals surface area contributed by atoms with E-state index in [0.717, 1.165) is 19.4 Å². The number of hydrogen-bond acceptors (Lipinski definition) is 4. The molecule has 106 valence electrons. The molecule has 0 aliphatic carbocycles. The Balaban J connectivity index is 2.91. The van der Waals surface area contributed by atoms with Crippen molar-refractivity contribution in [1.82, 2.24) is 9.97 Å². The van der Waals surface area contributed by atoms with Crippen LogP contribution in [0.25, 0.3) is 0 Å². The van der Waals surface area contributed by atoms with Crippen molar-refractivity contribution in [2.24, 2.45) is 5.92 Å². The van der Waals surface area contributed by atoms with Crippen LogP contribution < -0.4 is 5.32 Å². The Hall–Kier alpha value is -1.65. The highest BCUT2D eigenvalue weighted by atomic mass is 16.4. The van der Waals surface area contributed by atoms with Crippen molar-refractivity contribution < 1.29 is 9.90 Å². The van der Waals surface area contributed by atoms with Crippen LogP contribution in [0.2, 0.25) is 0 Å². The van der Waals surface area contributed by atoms with Crippen molar-refractivity contribution in [1.29, 1.82) is 0 Å². The molecule has 1 heterocycles. The fourth-order valence-electron chi connectivity index (χ4n) is 1.80. The van der Waals surface area contributed by atoms with Crippen LogP contribution in [0.15, 0.2) is 6.20 Å². The first-order chi connectivity index (χ1) is 8.99. The molecule has 0 spiro atoms. The molecule has 0 bridgehead atoms. The molecule has 0 atom stereocenters. The van der Waals surface area contributed by atoms with Crippen LogP contribution >= 0.6 is 0 Å². The lowest BCUT2D eigenvalue weighted by molar-refractivity contribution is 0.0691. The van der Waals surface area contributed by atoms with Crippen LogP contribution in [0.3, 0.4) is 0 Å². The molecule has 0 unspecified atom stereocenters. The number of nitrogens with one attached hydrogen (secondary N) is 1. The van der Waals surface area contributed by atoms with Gasteiger partial charge in [0.15, 0.2) is 5.69 Å². The highest BCUT2D eigenvalue weighted by molar-refractivity contribution is 5.91. The minimum absolute atomic E-state index is 0.0599. The lowest BCUT2D eigenvalue weighted by Gasteiger charge is -2.15. The van der Waals surface area contributed by atoms with Gasteiger partial charge in [-0.15, -0.1) is 0 Å². The summed E-state index contributed by atoms with van der Waals surface area (Å²) in [6, 6.07) is 0. The number of nitrogens with zero attached hydrogens (tertiary/aromatic N) is 2. The van der Waals surface area contributed by atoms with E-state index in [9.17, 15) is 9.90 Å². The van der Waals surface area contributed by atoms with Crippen LogP contribution in [-0.2, 0) is 0 Å². The average Bonchev–Trinajstić information content (AvgIpc) is 2.39. The minimum Gasteiger partial charge on any atom is -0.476 e. The third-order valence-corrected chi connectivity index (χ3v) is 3.26. The van der Waals surface area contributed by atoms with E-state index < -0.39 is 5.97 Å². The molecule has 0 saturated heterocycles. The predicted molar refractivity (Wildman–Crippen MR) is 75.6 cm³/mol. The summed E-state index contributed by atoms with van der Waals surface area (Å²) in [5.74, 6) is 0.194. The van der Waals surface area contributed by atoms with Crippen LogP contribution in [0.4, 0.5) is 5.69 Å². The van der Waals surface area contributed by atoms with Gasteiger partial charge in [-0.25, -0.2) is 14.8 Å². The molecular weight excluding hydrogens is 242 g/mol. The van der Waals surface area contributed by atoms with Gasteiger partial charge < -0.3 is 10.4 Å². The molecule has 0 aromatic carbocycles. The van der Waals surface area contributed by atoms with E-state index in [2.05, 4.69) is 29.1 Å². The van der Waals surface area contributed by atoms with Crippen molar-refractivity contribution in [3.8, 4) is 0 Å². The normalized spacial score (nSPS) is 11.1. The van der Waals surface area contributed by atoms with E-state index in [0.29, 0.717) is 17.4 Å². The van der Waals surface area contributed by atoms with Gasteiger partial charge in [-0.3, -0.25) is 0 Å². The smallest absolute Gasteiger partial charge is 0.356 e. The zero-order chi connectivity index (χ0) is 14.4. The quantitative estimate of drug-likeness (QED) is 0.792. The lowest BCUT2D eigenvalue weighted by Crippen LogP contribution is -2.17. The summed E-state index contributed by atoms with van der Waals surface area (Å²) >= 11 is 0. The molecule has 0 fully saturated rings. The molecule has 19 heavy (non-hydrogen) atoms. The summed E-state index contributed by atoms with van der Waals surface area (Å²) in [6.45, 7) is 8.90. The van der Waals surface area contributed by atoms with Crippen molar-refractivity contribution in [2.45, 2.75) is 46.5 Å². The average molecular weight is 265 g/mol. The van der Waals surface area contributed by atoms with Gasteiger partial charge in [0.2, 0.25) is 0 Å². The Bertz CT molecular complexity index is 429. The van der Waals surface area contributed by atoms with E-state index in [-0.39, 0.29) is 11.6 Å². The molecule has 5 nitrogen and oxygen atoms in total. The Morgan fingerprint density at radius 1 is 1.37 bits per heavy atom. The van der Waals surface area contributed by atoms with Crippen LogP contribution in [0, 0.1) is 5.92 Å². The third kappa shape index (κ3) is 4.19. The zero-order valence-electron chi connectivity index (χ0n) is 12.1. The number of anilines is 1. The summed E-state index contributed by atoms with van der Waals surface area (Å²) in [5.41, 5.74) is 0.563. The maximum atomic E-state index is 11.3. The number of rotatable bonds is 7. The molecule has 0 amide bonds. The molecule has 0 radical (unpaired) electrons. The first kappa shape index (κ1) is 15.4. The Labute approximate surface area is 114 Å². The van der Waals surface area contributed by atoms with Crippen LogP contribution in [0.5, 0.6) is 0 Å². The van der Waals surface area contributed by atoms with E-state index in [1.807, 2.05) is 13.8 Å².